The third kappa shape index (κ3) is 4.95. The van der Waals surface area contributed by atoms with Crippen LogP contribution >= 0.6 is 23.2 Å². The van der Waals surface area contributed by atoms with Crippen LogP contribution in [0.15, 0.2) is 47.4 Å². The molecular formula is C20H22Cl2FN3O3S. The summed E-state index contributed by atoms with van der Waals surface area (Å²) < 4.78 is 40.9. The molecule has 1 fully saturated rings. The number of amides is 1. The number of carbonyl (C=O) groups excluding carboxylic acids is 1. The molecule has 1 aliphatic heterocycles. The predicted molar refractivity (Wildman–Crippen MR) is 115 cm³/mol. The van der Waals surface area contributed by atoms with Crippen LogP contribution in [-0.4, -0.2) is 55.8 Å². The Kier molecular flexibility index (Phi) is 7.36. The van der Waals surface area contributed by atoms with Crippen molar-refractivity contribution in [2.75, 3.05) is 26.2 Å². The van der Waals surface area contributed by atoms with Crippen molar-refractivity contribution in [3.05, 3.63) is 63.9 Å². The quantitative estimate of drug-likeness (QED) is 0.699. The van der Waals surface area contributed by atoms with E-state index in [0.717, 1.165) is 0 Å². The van der Waals surface area contributed by atoms with Gasteiger partial charge in [0.1, 0.15) is 10.7 Å². The third-order valence-electron chi connectivity index (χ3n) is 5.15. The maximum atomic E-state index is 13.7. The predicted octanol–water partition coefficient (Wildman–Crippen LogP) is 3.14. The summed E-state index contributed by atoms with van der Waals surface area (Å²) >= 11 is 12.0. The van der Waals surface area contributed by atoms with Gasteiger partial charge in [-0.3, -0.25) is 9.69 Å². The molecule has 3 rings (SSSR count). The second-order valence-electron chi connectivity index (χ2n) is 6.98. The molecule has 0 bridgehead atoms. The van der Waals surface area contributed by atoms with Gasteiger partial charge in [0.15, 0.2) is 0 Å². The van der Waals surface area contributed by atoms with Gasteiger partial charge >= 0.3 is 0 Å². The molecule has 0 radical (unpaired) electrons. The zero-order valence-corrected chi connectivity index (χ0v) is 18.6. The number of hydrogen-bond donors (Lipinski definition) is 1. The van der Waals surface area contributed by atoms with Crippen LogP contribution in [-0.2, 0) is 21.4 Å². The Morgan fingerprint density at radius 2 is 1.77 bits per heavy atom. The Balaban J connectivity index is 1.58. The number of nitrogens with one attached hydrogen (secondary N) is 1. The van der Waals surface area contributed by atoms with Crippen LogP contribution in [0.1, 0.15) is 12.5 Å². The van der Waals surface area contributed by atoms with E-state index in [9.17, 15) is 17.6 Å². The van der Waals surface area contributed by atoms with E-state index in [0.29, 0.717) is 18.7 Å². The number of sulfonamides is 1. The molecule has 1 saturated heterocycles. The Hall–Kier alpha value is -1.71. The second-order valence-corrected chi connectivity index (χ2v) is 9.67. The Morgan fingerprint density at radius 1 is 1.10 bits per heavy atom. The van der Waals surface area contributed by atoms with Crippen LogP contribution < -0.4 is 5.32 Å². The van der Waals surface area contributed by atoms with E-state index < -0.39 is 16.1 Å². The van der Waals surface area contributed by atoms with E-state index in [2.05, 4.69) is 5.32 Å². The monoisotopic (exact) mass is 473 g/mol. The van der Waals surface area contributed by atoms with Crippen molar-refractivity contribution in [1.29, 1.82) is 0 Å². The molecule has 30 heavy (non-hydrogen) atoms. The topological polar surface area (TPSA) is 69.7 Å². The number of benzene rings is 2. The molecule has 10 heteroatoms. The van der Waals surface area contributed by atoms with Crippen molar-refractivity contribution in [2.24, 2.45) is 0 Å². The fourth-order valence-electron chi connectivity index (χ4n) is 3.29. The summed E-state index contributed by atoms with van der Waals surface area (Å²) in [5.74, 6) is -0.614. The first-order valence-electron chi connectivity index (χ1n) is 9.41. The minimum atomic E-state index is -3.79. The Labute approximate surface area is 185 Å². The molecule has 1 atom stereocenters. The molecule has 0 spiro atoms. The number of rotatable bonds is 6. The number of halogens is 3. The Bertz CT molecular complexity index is 1030. The van der Waals surface area contributed by atoms with Crippen LogP contribution in [0.25, 0.3) is 0 Å². The van der Waals surface area contributed by atoms with Gasteiger partial charge in [-0.05, 0) is 25.1 Å². The van der Waals surface area contributed by atoms with Crippen LogP contribution in [0.5, 0.6) is 0 Å². The molecule has 1 heterocycles. The highest BCUT2D eigenvalue weighted by atomic mass is 35.5. The fourth-order valence-corrected chi connectivity index (χ4v) is 5.45. The fraction of sp³-hybridized carbons (Fsp3) is 0.350. The normalized spacial score (nSPS) is 16.9. The lowest BCUT2D eigenvalue weighted by atomic mass is 10.2. The highest BCUT2D eigenvalue weighted by Crippen LogP contribution is 2.31. The van der Waals surface area contributed by atoms with Crippen LogP contribution in [0.4, 0.5) is 4.39 Å². The van der Waals surface area contributed by atoms with Crippen molar-refractivity contribution in [3.63, 3.8) is 0 Å². The van der Waals surface area contributed by atoms with Gasteiger partial charge in [0.05, 0.1) is 16.1 Å². The van der Waals surface area contributed by atoms with Crippen molar-refractivity contribution in [2.45, 2.75) is 24.4 Å². The van der Waals surface area contributed by atoms with E-state index in [1.54, 1.807) is 31.2 Å². The van der Waals surface area contributed by atoms with Gasteiger partial charge < -0.3 is 5.32 Å². The molecule has 0 aliphatic carbocycles. The zero-order chi connectivity index (χ0) is 21.9. The summed E-state index contributed by atoms with van der Waals surface area (Å²) in [5.41, 5.74) is 0.410. The summed E-state index contributed by atoms with van der Waals surface area (Å²) in [6.45, 7) is 3.04. The smallest absolute Gasteiger partial charge is 0.244 e. The summed E-state index contributed by atoms with van der Waals surface area (Å²) in [6, 6.07) is 10.3. The molecule has 0 saturated carbocycles. The number of carbonyl (C=O) groups is 1. The molecule has 2 aromatic rings. The standard InChI is InChI=1S/C20H22Cl2FN3O3S/c1-14(20(27)24-13-15-5-2-3-7-17(15)23)25-9-11-26(12-10-25)30(28,29)18-8-4-6-16(21)19(18)22/h2-8,14H,9-13H2,1H3,(H,24,27). The summed E-state index contributed by atoms with van der Waals surface area (Å²) in [6.07, 6.45) is 0. The molecule has 1 N–H and O–H groups in total. The number of hydrogen-bond acceptors (Lipinski definition) is 4. The average molecular weight is 474 g/mol. The van der Waals surface area contributed by atoms with E-state index in [1.165, 1.54) is 22.5 Å². The largest absolute Gasteiger partial charge is 0.351 e. The van der Waals surface area contributed by atoms with Gasteiger partial charge in [-0.15, -0.1) is 0 Å². The molecule has 162 valence electrons. The van der Waals surface area contributed by atoms with Gasteiger partial charge in [-0.2, -0.15) is 4.31 Å². The number of nitrogens with zero attached hydrogens (tertiary/aromatic N) is 2. The lowest BCUT2D eigenvalue weighted by molar-refractivity contribution is -0.126. The summed E-state index contributed by atoms with van der Waals surface area (Å²) in [7, 11) is -3.79. The minimum absolute atomic E-state index is 0.00230. The molecule has 2 aromatic carbocycles. The minimum Gasteiger partial charge on any atom is -0.351 e. The van der Waals surface area contributed by atoms with Crippen LogP contribution in [0, 0.1) is 5.82 Å². The lowest BCUT2D eigenvalue weighted by Crippen LogP contribution is -2.54. The number of piperazine rings is 1. The Morgan fingerprint density at radius 3 is 2.43 bits per heavy atom. The van der Waals surface area contributed by atoms with E-state index in [1.807, 2.05) is 4.90 Å². The molecule has 6 nitrogen and oxygen atoms in total. The summed E-state index contributed by atoms with van der Waals surface area (Å²) in [5, 5.41) is 2.91. The molecular weight excluding hydrogens is 452 g/mol. The lowest BCUT2D eigenvalue weighted by Gasteiger charge is -2.36. The van der Waals surface area contributed by atoms with E-state index >= 15 is 0 Å². The zero-order valence-electron chi connectivity index (χ0n) is 16.3. The maximum absolute atomic E-state index is 13.7. The van der Waals surface area contributed by atoms with Crippen molar-refractivity contribution in [1.82, 2.24) is 14.5 Å². The first-order valence-corrected chi connectivity index (χ1v) is 11.6. The second kappa shape index (κ2) is 9.62. The van der Waals surface area contributed by atoms with E-state index in [4.69, 9.17) is 23.2 Å². The molecule has 0 aromatic heterocycles. The van der Waals surface area contributed by atoms with Gasteiger partial charge in [-0.25, -0.2) is 12.8 Å². The first-order chi connectivity index (χ1) is 14.2. The van der Waals surface area contributed by atoms with Crippen LogP contribution in [0.2, 0.25) is 10.0 Å². The van der Waals surface area contributed by atoms with E-state index in [-0.39, 0.29) is 46.3 Å². The van der Waals surface area contributed by atoms with Gasteiger partial charge in [0.25, 0.3) is 0 Å². The summed E-state index contributed by atoms with van der Waals surface area (Å²) in [4.78, 5) is 14.3. The molecule has 1 amide bonds. The highest BCUT2D eigenvalue weighted by molar-refractivity contribution is 7.89. The average Bonchev–Trinajstić information content (AvgIpc) is 2.74. The van der Waals surface area contributed by atoms with Gasteiger partial charge in [0.2, 0.25) is 15.9 Å². The maximum Gasteiger partial charge on any atom is 0.244 e. The molecule has 1 aliphatic rings. The molecule has 1 unspecified atom stereocenters. The van der Waals surface area contributed by atoms with Crippen molar-refractivity contribution >= 4 is 39.1 Å². The third-order valence-corrected chi connectivity index (χ3v) is 8.02. The van der Waals surface area contributed by atoms with Gasteiger partial charge in [-0.1, -0.05) is 47.5 Å². The van der Waals surface area contributed by atoms with Crippen LogP contribution in [0.3, 0.4) is 0 Å². The van der Waals surface area contributed by atoms with Crippen molar-refractivity contribution in [3.8, 4) is 0 Å². The highest BCUT2D eigenvalue weighted by Gasteiger charge is 2.33. The van der Waals surface area contributed by atoms with Gasteiger partial charge in [0, 0.05) is 38.3 Å². The first kappa shape index (κ1) is 23.0. The van der Waals surface area contributed by atoms with Crippen molar-refractivity contribution < 1.29 is 17.6 Å². The SMILES string of the molecule is CC(C(=O)NCc1ccccc1F)N1CCN(S(=O)(=O)c2cccc(Cl)c2Cl)CC1.